The Balaban J connectivity index is 1.69. The van der Waals surface area contributed by atoms with Crippen LogP contribution in [-0.4, -0.2) is 33.1 Å². The number of rotatable bonds is 6. The molecule has 34 heavy (non-hydrogen) atoms. The second kappa shape index (κ2) is 9.74. The van der Waals surface area contributed by atoms with Crippen LogP contribution in [0, 0.1) is 5.92 Å². The van der Waals surface area contributed by atoms with Gasteiger partial charge in [0.15, 0.2) is 10.8 Å². The normalized spacial score (nSPS) is 15.0. The van der Waals surface area contributed by atoms with Gasteiger partial charge in [0.05, 0.1) is 0 Å². The van der Waals surface area contributed by atoms with E-state index in [1.165, 1.54) is 26.0 Å². The van der Waals surface area contributed by atoms with Gasteiger partial charge in [-0.05, 0) is 56.2 Å². The minimum atomic E-state index is -0.512. The molecule has 0 bridgehead atoms. The Morgan fingerprint density at radius 2 is 1.76 bits per heavy atom. The molecule has 0 unspecified atom stereocenters. The van der Waals surface area contributed by atoms with E-state index in [4.69, 9.17) is 0 Å². The Kier molecular flexibility index (Phi) is 6.93. The second-order valence-electron chi connectivity index (χ2n) is 9.78. The molecule has 0 radical (unpaired) electrons. The number of piperidine rings is 1. The van der Waals surface area contributed by atoms with Gasteiger partial charge in [-0.15, -0.1) is 0 Å². The van der Waals surface area contributed by atoms with Gasteiger partial charge in [0.2, 0.25) is 5.91 Å². The second-order valence-corrected chi connectivity index (χ2v) is 10.8. The monoisotopic (exact) mass is 483 g/mol. The largest absolute Gasteiger partial charge is 0.348 e. The Morgan fingerprint density at radius 1 is 1.12 bits per heavy atom. The third-order valence-corrected chi connectivity index (χ3v) is 7.53. The van der Waals surface area contributed by atoms with E-state index in [0.29, 0.717) is 22.2 Å². The Bertz CT molecular complexity index is 1300. The molecule has 4 rings (SSSR count). The van der Waals surface area contributed by atoms with Gasteiger partial charge in [-0.1, -0.05) is 44.2 Å². The smallest absolute Gasteiger partial charge is 0.333 e. The maximum Gasteiger partial charge on any atom is 0.333 e. The lowest BCUT2D eigenvalue weighted by molar-refractivity contribution is -0.116. The van der Waals surface area contributed by atoms with E-state index in [1.807, 2.05) is 24.3 Å². The molecular formula is C25H33N5O3S. The van der Waals surface area contributed by atoms with E-state index in [0.717, 1.165) is 31.1 Å². The summed E-state index contributed by atoms with van der Waals surface area (Å²) in [5.74, 6) is 0.729. The van der Waals surface area contributed by atoms with Crippen molar-refractivity contribution in [2.45, 2.75) is 66.0 Å². The van der Waals surface area contributed by atoms with Crippen LogP contribution < -0.4 is 21.5 Å². The van der Waals surface area contributed by atoms with Gasteiger partial charge in [-0.2, -0.15) is 0 Å². The molecule has 0 aliphatic carbocycles. The fraction of sp³-hybridized carbons (Fsp3) is 0.520. The highest BCUT2D eigenvalue weighted by Crippen LogP contribution is 2.29. The van der Waals surface area contributed by atoms with Crippen LogP contribution in [0.2, 0.25) is 0 Å². The van der Waals surface area contributed by atoms with E-state index in [-0.39, 0.29) is 29.7 Å². The molecule has 1 amide bonds. The molecule has 1 N–H and O–H groups in total. The van der Waals surface area contributed by atoms with Crippen LogP contribution in [-0.2, 0) is 11.3 Å². The average molecular weight is 484 g/mol. The van der Waals surface area contributed by atoms with Crippen molar-refractivity contribution in [1.82, 2.24) is 14.1 Å². The van der Waals surface area contributed by atoms with Gasteiger partial charge in [0, 0.05) is 24.8 Å². The van der Waals surface area contributed by atoms with Gasteiger partial charge in [0.1, 0.15) is 11.2 Å². The highest BCUT2D eigenvalue weighted by atomic mass is 32.1. The summed E-state index contributed by atoms with van der Waals surface area (Å²) < 4.78 is 2.96. The first-order valence-electron chi connectivity index (χ1n) is 12.0. The van der Waals surface area contributed by atoms with Gasteiger partial charge in [-0.25, -0.2) is 9.78 Å². The Morgan fingerprint density at radius 3 is 2.35 bits per heavy atom. The minimum absolute atomic E-state index is 0.214. The third kappa shape index (κ3) is 4.80. The summed E-state index contributed by atoms with van der Waals surface area (Å²) in [6.45, 7) is 11.6. The molecule has 3 aromatic rings. The number of carbonyl (C=O) groups excluding carboxylic acids is 1. The SMILES string of the molecule is CC1CCN(c2nc3c(s2)c(=O)n(C(C)C)c(=O)n3CC(=O)Nc2ccc(C(C)C)cc2)CC1. The molecule has 1 aliphatic rings. The Labute approximate surface area is 203 Å². The molecule has 9 heteroatoms. The van der Waals surface area contributed by atoms with E-state index in [9.17, 15) is 14.4 Å². The maximum atomic E-state index is 13.3. The highest BCUT2D eigenvalue weighted by Gasteiger charge is 2.24. The van der Waals surface area contributed by atoms with Crippen LogP contribution in [0.15, 0.2) is 33.9 Å². The number of benzene rings is 1. The van der Waals surface area contributed by atoms with E-state index >= 15 is 0 Å². The number of thiazole rings is 1. The number of amides is 1. The summed E-state index contributed by atoms with van der Waals surface area (Å²) in [6, 6.07) is 7.35. The van der Waals surface area contributed by atoms with Gasteiger partial charge in [-0.3, -0.25) is 18.7 Å². The van der Waals surface area contributed by atoms with E-state index in [1.54, 1.807) is 13.8 Å². The quantitative estimate of drug-likeness (QED) is 0.568. The fourth-order valence-corrected chi connectivity index (χ4v) is 5.33. The van der Waals surface area contributed by atoms with Crippen molar-refractivity contribution >= 4 is 38.4 Å². The van der Waals surface area contributed by atoms with Crippen LogP contribution >= 0.6 is 11.3 Å². The standard InChI is InChI=1S/C25H33N5O3S/c1-15(2)18-6-8-19(9-7-18)26-20(31)14-29-22-21(23(32)30(16(3)4)25(29)33)34-24(27-22)28-12-10-17(5)11-13-28/h6-9,15-17H,10-14H2,1-5H3,(H,26,31). The summed E-state index contributed by atoms with van der Waals surface area (Å²) in [7, 11) is 0. The van der Waals surface area contributed by atoms with Crippen molar-refractivity contribution in [3.8, 4) is 0 Å². The zero-order valence-corrected chi connectivity index (χ0v) is 21.3. The van der Waals surface area contributed by atoms with Crippen molar-refractivity contribution in [1.29, 1.82) is 0 Å². The molecule has 1 fully saturated rings. The number of fused-ring (bicyclic) bond motifs is 1. The highest BCUT2D eigenvalue weighted by molar-refractivity contribution is 7.22. The zero-order valence-electron chi connectivity index (χ0n) is 20.5. The summed E-state index contributed by atoms with van der Waals surface area (Å²) in [5, 5.41) is 3.60. The number of aromatic nitrogens is 3. The number of hydrogen-bond donors (Lipinski definition) is 1. The molecular weight excluding hydrogens is 450 g/mol. The van der Waals surface area contributed by atoms with E-state index in [2.05, 4.69) is 36.0 Å². The molecule has 0 spiro atoms. The number of anilines is 2. The molecule has 1 aliphatic heterocycles. The number of hydrogen-bond acceptors (Lipinski definition) is 6. The first-order chi connectivity index (χ1) is 16.2. The molecule has 0 saturated carbocycles. The maximum absolute atomic E-state index is 13.3. The van der Waals surface area contributed by atoms with Crippen LogP contribution in [0.5, 0.6) is 0 Å². The molecule has 1 saturated heterocycles. The first-order valence-corrected chi connectivity index (χ1v) is 12.8. The summed E-state index contributed by atoms with van der Waals surface area (Å²) in [5.41, 5.74) is 1.28. The molecule has 1 aromatic carbocycles. The molecule has 8 nitrogen and oxygen atoms in total. The third-order valence-electron chi connectivity index (χ3n) is 6.44. The molecule has 182 valence electrons. The molecule has 2 aromatic heterocycles. The lowest BCUT2D eigenvalue weighted by atomic mass is 10.00. The molecule has 3 heterocycles. The lowest BCUT2D eigenvalue weighted by Gasteiger charge is -2.29. The number of carbonyl (C=O) groups is 1. The van der Waals surface area contributed by atoms with Crippen LogP contribution in [0.25, 0.3) is 10.3 Å². The minimum Gasteiger partial charge on any atom is -0.348 e. The molecule has 0 atom stereocenters. The number of nitrogens with one attached hydrogen (secondary N) is 1. The van der Waals surface area contributed by atoms with Gasteiger partial charge >= 0.3 is 5.69 Å². The van der Waals surface area contributed by atoms with Gasteiger partial charge < -0.3 is 10.2 Å². The number of nitrogens with zero attached hydrogens (tertiary/aromatic N) is 4. The fourth-order valence-electron chi connectivity index (χ4n) is 4.27. The van der Waals surface area contributed by atoms with Crippen molar-refractivity contribution < 1.29 is 4.79 Å². The van der Waals surface area contributed by atoms with Crippen molar-refractivity contribution in [3.63, 3.8) is 0 Å². The lowest BCUT2D eigenvalue weighted by Crippen LogP contribution is -2.42. The summed E-state index contributed by atoms with van der Waals surface area (Å²) in [4.78, 5) is 46.2. The average Bonchev–Trinajstić information content (AvgIpc) is 3.23. The topological polar surface area (TPSA) is 89.2 Å². The van der Waals surface area contributed by atoms with E-state index < -0.39 is 5.69 Å². The summed E-state index contributed by atoms with van der Waals surface area (Å²) >= 11 is 1.31. The summed E-state index contributed by atoms with van der Waals surface area (Å²) in [6.07, 6.45) is 2.13. The van der Waals surface area contributed by atoms with Crippen molar-refractivity contribution in [2.75, 3.05) is 23.3 Å². The predicted octanol–water partition coefficient (Wildman–Crippen LogP) is 4.20. The Hall–Kier alpha value is -2.94. The zero-order chi connectivity index (χ0) is 24.6. The van der Waals surface area contributed by atoms with Crippen molar-refractivity contribution in [3.05, 3.63) is 50.7 Å². The van der Waals surface area contributed by atoms with Gasteiger partial charge in [0.25, 0.3) is 5.56 Å². The van der Waals surface area contributed by atoms with Crippen LogP contribution in [0.4, 0.5) is 10.8 Å². The van der Waals surface area contributed by atoms with Crippen LogP contribution in [0.3, 0.4) is 0 Å². The van der Waals surface area contributed by atoms with Crippen molar-refractivity contribution in [2.24, 2.45) is 5.92 Å². The first kappa shape index (κ1) is 24.2. The predicted molar refractivity (Wildman–Crippen MR) is 138 cm³/mol. The van der Waals surface area contributed by atoms with Crippen LogP contribution in [0.1, 0.15) is 65.0 Å².